The predicted octanol–water partition coefficient (Wildman–Crippen LogP) is 4.01. The predicted molar refractivity (Wildman–Crippen MR) is 136 cm³/mol. The van der Waals surface area contributed by atoms with Gasteiger partial charge in [0.2, 0.25) is 5.91 Å². The summed E-state index contributed by atoms with van der Waals surface area (Å²) in [6.07, 6.45) is 0.503. The van der Waals surface area contributed by atoms with E-state index >= 15 is 0 Å². The zero-order valence-corrected chi connectivity index (χ0v) is 21.3. The van der Waals surface area contributed by atoms with Crippen molar-refractivity contribution in [3.8, 4) is 17.1 Å². The van der Waals surface area contributed by atoms with E-state index in [4.69, 9.17) is 0 Å². The lowest BCUT2D eigenvalue weighted by Gasteiger charge is -2.29. The van der Waals surface area contributed by atoms with Gasteiger partial charge in [0.1, 0.15) is 0 Å². The van der Waals surface area contributed by atoms with Gasteiger partial charge in [-0.05, 0) is 31.4 Å². The Balaban J connectivity index is 1.60. The Morgan fingerprint density at radius 1 is 1.12 bits per heavy atom. The fraction of sp³-hybridized carbons (Fsp3) is 0.400. The number of hydrogen-bond acceptors (Lipinski definition) is 6. The number of benzene rings is 2. The number of amides is 1. The number of rotatable bonds is 8. The van der Waals surface area contributed by atoms with Crippen LogP contribution in [0.3, 0.4) is 0 Å². The van der Waals surface area contributed by atoms with Crippen molar-refractivity contribution in [2.75, 3.05) is 23.8 Å². The quantitative estimate of drug-likeness (QED) is 0.437. The summed E-state index contributed by atoms with van der Waals surface area (Å²) in [7, 11) is -3.08. The van der Waals surface area contributed by atoms with Gasteiger partial charge in [-0.3, -0.25) is 9.36 Å². The highest BCUT2D eigenvalue weighted by atomic mass is 32.2. The molecule has 1 fully saturated rings. The van der Waals surface area contributed by atoms with Gasteiger partial charge in [0.15, 0.2) is 20.8 Å². The van der Waals surface area contributed by atoms with E-state index in [1.165, 1.54) is 11.8 Å². The van der Waals surface area contributed by atoms with Crippen molar-refractivity contribution >= 4 is 27.5 Å². The van der Waals surface area contributed by atoms with E-state index in [1.807, 2.05) is 79.9 Å². The summed E-state index contributed by atoms with van der Waals surface area (Å²) in [6, 6.07) is 17.7. The molecule has 1 amide bonds. The third-order valence-electron chi connectivity index (χ3n) is 5.81. The Morgan fingerprint density at radius 3 is 2.44 bits per heavy atom. The van der Waals surface area contributed by atoms with Gasteiger partial charge in [0, 0.05) is 23.8 Å². The summed E-state index contributed by atoms with van der Waals surface area (Å²) in [4.78, 5) is 15.0. The van der Waals surface area contributed by atoms with Crippen LogP contribution in [0.25, 0.3) is 17.1 Å². The molecule has 0 spiro atoms. The number of sulfone groups is 1. The van der Waals surface area contributed by atoms with Crippen molar-refractivity contribution in [2.45, 2.75) is 38.4 Å². The molecule has 0 radical (unpaired) electrons. The Bertz CT molecular complexity index is 1240. The average molecular weight is 499 g/mol. The summed E-state index contributed by atoms with van der Waals surface area (Å²) in [5, 5.41) is 9.48. The van der Waals surface area contributed by atoms with Crippen LogP contribution in [-0.2, 0) is 14.6 Å². The van der Waals surface area contributed by atoms with Gasteiger partial charge in [0.05, 0.1) is 17.3 Å². The first-order valence-corrected chi connectivity index (χ1v) is 14.2. The third-order valence-corrected chi connectivity index (χ3v) is 8.48. The fourth-order valence-electron chi connectivity index (χ4n) is 4.14. The molecule has 7 nitrogen and oxygen atoms in total. The van der Waals surface area contributed by atoms with E-state index in [1.54, 1.807) is 4.90 Å². The van der Waals surface area contributed by atoms with E-state index in [-0.39, 0.29) is 35.1 Å². The number of nitrogens with zero attached hydrogens (tertiary/aromatic N) is 4. The molecule has 4 rings (SSSR count). The second-order valence-corrected chi connectivity index (χ2v) is 12.3. The number of aromatic nitrogens is 3. The van der Waals surface area contributed by atoms with Crippen LogP contribution in [0.15, 0.2) is 59.8 Å². The lowest BCUT2D eigenvalue weighted by molar-refractivity contribution is -0.130. The molecule has 1 aliphatic heterocycles. The molecule has 34 heavy (non-hydrogen) atoms. The van der Waals surface area contributed by atoms with Gasteiger partial charge < -0.3 is 4.90 Å². The molecule has 1 saturated heterocycles. The Hall–Kier alpha value is -2.65. The summed E-state index contributed by atoms with van der Waals surface area (Å²) >= 11 is 1.33. The summed E-state index contributed by atoms with van der Waals surface area (Å²) in [5.74, 6) is 1.25. The van der Waals surface area contributed by atoms with Crippen LogP contribution in [0.4, 0.5) is 0 Å². The van der Waals surface area contributed by atoms with Gasteiger partial charge in [-0.1, -0.05) is 73.6 Å². The van der Waals surface area contributed by atoms with Crippen molar-refractivity contribution in [3.05, 3.63) is 60.2 Å². The van der Waals surface area contributed by atoms with Crippen LogP contribution in [0.5, 0.6) is 0 Å². The molecule has 0 saturated carbocycles. The van der Waals surface area contributed by atoms with Crippen LogP contribution in [-0.4, -0.2) is 63.8 Å². The van der Waals surface area contributed by atoms with E-state index in [0.29, 0.717) is 23.9 Å². The van der Waals surface area contributed by atoms with E-state index in [2.05, 4.69) is 10.2 Å². The molecule has 1 aromatic heterocycles. The SMILES string of the molecule is Cc1ccc(-n2c(SCC(=O)N(CC(C)C)C3CCS(=O)(=O)C3)nnc2-c2ccccc2)cc1. The van der Waals surface area contributed by atoms with Crippen LogP contribution in [0, 0.1) is 12.8 Å². The minimum Gasteiger partial charge on any atom is -0.338 e. The first kappa shape index (κ1) is 24.5. The van der Waals surface area contributed by atoms with E-state index in [9.17, 15) is 13.2 Å². The fourth-order valence-corrected chi connectivity index (χ4v) is 6.71. The monoisotopic (exact) mass is 498 g/mol. The molecule has 0 bridgehead atoms. The van der Waals surface area contributed by atoms with Crippen LogP contribution >= 0.6 is 11.8 Å². The van der Waals surface area contributed by atoms with Crippen molar-refractivity contribution in [2.24, 2.45) is 5.92 Å². The number of carbonyl (C=O) groups excluding carboxylic acids is 1. The lowest BCUT2D eigenvalue weighted by Crippen LogP contribution is -2.44. The normalized spacial score (nSPS) is 17.2. The number of carbonyl (C=O) groups is 1. The number of aryl methyl sites for hydroxylation is 1. The Labute approximate surface area is 205 Å². The minimum atomic E-state index is -3.08. The maximum atomic E-state index is 13.3. The molecule has 0 N–H and O–H groups in total. The highest BCUT2D eigenvalue weighted by Gasteiger charge is 2.35. The van der Waals surface area contributed by atoms with Gasteiger partial charge in [-0.15, -0.1) is 10.2 Å². The third kappa shape index (κ3) is 5.70. The largest absolute Gasteiger partial charge is 0.338 e. The molecule has 2 heterocycles. The van der Waals surface area contributed by atoms with Crippen molar-refractivity contribution in [3.63, 3.8) is 0 Å². The zero-order valence-electron chi connectivity index (χ0n) is 19.7. The molecular formula is C25H30N4O3S2. The van der Waals surface area contributed by atoms with Gasteiger partial charge in [-0.25, -0.2) is 8.42 Å². The highest BCUT2D eigenvalue weighted by Crippen LogP contribution is 2.29. The van der Waals surface area contributed by atoms with E-state index in [0.717, 1.165) is 16.8 Å². The van der Waals surface area contributed by atoms with Crippen LogP contribution in [0.1, 0.15) is 25.8 Å². The first-order chi connectivity index (χ1) is 16.2. The first-order valence-electron chi connectivity index (χ1n) is 11.4. The molecule has 1 aliphatic rings. The van der Waals surface area contributed by atoms with Crippen molar-refractivity contribution in [1.82, 2.24) is 19.7 Å². The second-order valence-electron chi connectivity index (χ2n) is 9.13. The van der Waals surface area contributed by atoms with Crippen molar-refractivity contribution in [1.29, 1.82) is 0 Å². The second kappa shape index (κ2) is 10.3. The molecule has 0 aliphatic carbocycles. The zero-order chi connectivity index (χ0) is 24.3. The van der Waals surface area contributed by atoms with Gasteiger partial charge in [0.25, 0.3) is 0 Å². The molecular weight excluding hydrogens is 468 g/mol. The smallest absolute Gasteiger partial charge is 0.233 e. The molecule has 180 valence electrons. The summed E-state index contributed by atoms with van der Waals surface area (Å²) in [6.45, 7) is 6.66. The standard InChI is InChI=1S/C25H30N4O3S2/c1-18(2)15-28(22-13-14-34(31,32)17-22)23(30)16-33-25-27-26-24(20-7-5-4-6-8-20)29(25)21-11-9-19(3)10-12-21/h4-12,18,22H,13-17H2,1-3H3. The Kier molecular flexibility index (Phi) is 7.42. The maximum absolute atomic E-state index is 13.3. The molecule has 3 aromatic rings. The minimum absolute atomic E-state index is 0.0494. The summed E-state index contributed by atoms with van der Waals surface area (Å²) < 4.78 is 26.0. The average Bonchev–Trinajstić information content (AvgIpc) is 3.39. The topological polar surface area (TPSA) is 85.2 Å². The number of thioether (sulfide) groups is 1. The van der Waals surface area contributed by atoms with E-state index < -0.39 is 9.84 Å². The maximum Gasteiger partial charge on any atom is 0.233 e. The molecule has 9 heteroatoms. The van der Waals surface area contributed by atoms with Crippen LogP contribution < -0.4 is 0 Å². The Morgan fingerprint density at radius 2 is 1.82 bits per heavy atom. The molecule has 1 atom stereocenters. The molecule has 1 unspecified atom stereocenters. The lowest BCUT2D eigenvalue weighted by atomic mass is 10.1. The van der Waals surface area contributed by atoms with Crippen LogP contribution in [0.2, 0.25) is 0 Å². The van der Waals surface area contributed by atoms with Gasteiger partial charge in [-0.2, -0.15) is 0 Å². The summed E-state index contributed by atoms with van der Waals surface area (Å²) in [5.41, 5.74) is 3.01. The number of hydrogen-bond donors (Lipinski definition) is 0. The molecule has 2 aromatic carbocycles. The van der Waals surface area contributed by atoms with Crippen molar-refractivity contribution < 1.29 is 13.2 Å². The highest BCUT2D eigenvalue weighted by molar-refractivity contribution is 7.99. The van der Waals surface area contributed by atoms with Gasteiger partial charge >= 0.3 is 0 Å².